The minimum Gasteiger partial charge on any atom is -0.310 e. The molecule has 110 valence electrons. The van der Waals surface area contributed by atoms with Crippen molar-refractivity contribution in [2.75, 3.05) is 11.4 Å². The van der Waals surface area contributed by atoms with Crippen LogP contribution in [0.3, 0.4) is 0 Å². The summed E-state index contributed by atoms with van der Waals surface area (Å²) in [4.78, 5) is 14.2. The Hall–Kier alpha value is -2.20. The number of anilines is 2. The lowest BCUT2D eigenvalue weighted by molar-refractivity contribution is 0.967. The highest BCUT2D eigenvalue weighted by molar-refractivity contribution is 7.13. The minimum atomic E-state index is 0.847. The second kappa shape index (κ2) is 4.92. The SMILES string of the molecule is CCN1c2ncccc2-c2c(C)sc(C)c2-c2cccnc21. The summed E-state index contributed by atoms with van der Waals surface area (Å²) in [6.07, 6.45) is 3.73. The molecule has 0 aromatic carbocycles. The van der Waals surface area contributed by atoms with Gasteiger partial charge in [-0.25, -0.2) is 9.97 Å². The van der Waals surface area contributed by atoms with Gasteiger partial charge in [-0.3, -0.25) is 0 Å². The molecule has 1 aliphatic heterocycles. The number of nitrogens with zero attached hydrogens (tertiary/aromatic N) is 3. The van der Waals surface area contributed by atoms with Crippen LogP contribution in [0.25, 0.3) is 22.3 Å². The van der Waals surface area contributed by atoms with Gasteiger partial charge in [0.25, 0.3) is 0 Å². The summed E-state index contributed by atoms with van der Waals surface area (Å²) in [5.74, 6) is 2.01. The van der Waals surface area contributed by atoms with Crippen molar-refractivity contribution in [3.05, 3.63) is 46.4 Å². The van der Waals surface area contributed by atoms with E-state index in [4.69, 9.17) is 0 Å². The Morgan fingerprint density at radius 2 is 1.41 bits per heavy atom. The maximum Gasteiger partial charge on any atom is 0.142 e. The molecule has 0 saturated heterocycles. The van der Waals surface area contributed by atoms with E-state index in [2.05, 4.69) is 47.8 Å². The van der Waals surface area contributed by atoms with Crippen molar-refractivity contribution in [1.29, 1.82) is 0 Å². The molecular formula is C18H17N3S. The first-order chi connectivity index (χ1) is 10.7. The van der Waals surface area contributed by atoms with Crippen LogP contribution in [0.1, 0.15) is 16.7 Å². The van der Waals surface area contributed by atoms with E-state index in [1.807, 2.05) is 35.9 Å². The maximum atomic E-state index is 4.67. The monoisotopic (exact) mass is 307 g/mol. The highest BCUT2D eigenvalue weighted by Gasteiger charge is 2.29. The van der Waals surface area contributed by atoms with E-state index in [1.54, 1.807) is 0 Å². The van der Waals surface area contributed by atoms with Crippen LogP contribution < -0.4 is 4.90 Å². The molecule has 3 aromatic rings. The molecule has 0 fully saturated rings. The minimum absolute atomic E-state index is 0.847. The highest BCUT2D eigenvalue weighted by Crippen LogP contribution is 2.50. The first-order valence-electron chi connectivity index (χ1n) is 7.50. The van der Waals surface area contributed by atoms with Gasteiger partial charge >= 0.3 is 0 Å². The molecule has 0 amide bonds. The number of aryl methyl sites for hydroxylation is 2. The average molecular weight is 307 g/mol. The smallest absolute Gasteiger partial charge is 0.142 e. The van der Waals surface area contributed by atoms with E-state index in [0.717, 1.165) is 18.2 Å². The Bertz CT molecular complexity index is 799. The molecular weight excluding hydrogens is 290 g/mol. The van der Waals surface area contributed by atoms with Crippen molar-refractivity contribution in [3.8, 4) is 22.3 Å². The van der Waals surface area contributed by atoms with Gasteiger partial charge < -0.3 is 4.90 Å². The van der Waals surface area contributed by atoms with Crippen LogP contribution in [0.15, 0.2) is 36.7 Å². The third-order valence-electron chi connectivity index (χ3n) is 4.20. The fourth-order valence-electron chi connectivity index (χ4n) is 3.35. The van der Waals surface area contributed by atoms with Crippen LogP contribution in [0.4, 0.5) is 11.6 Å². The number of hydrogen-bond acceptors (Lipinski definition) is 4. The van der Waals surface area contributed by atoms with E-state index < -0.39 is 0 Å². The summed E-state index contributed by atoms with van der Waals surface area (Å²) < 4.78 is 0. The number of pyridine rings is 2. The lowest BCUT2D eigenvalue weighted by atomic mass is 9.97. The molecule has 4 heteroatoms. The molecule has 0 radical (unpaired) electrons. The Kier molecular flexibility index (Phi) is 3.01. The summed E-state index contributed by atoms with van der Waals surface area (Å²) >= 11 is 1.86. The Labute approximate surface area is 134 Å². The topological polar surface area (TPSA) is 29.0 Å². The van der Waals surface area contributed by atoms with Crippen molar-refractivity contribution in [1.82, 2.24) is 9.97 Å². The molecule has 3 nitrogen and oxygen atoms in total. The molecule has 0 saturated carbocycles. The second-order valence-corrected chi connectivity index (χ2v) is 6.89. The van der Waals surface area contributed by atoms with Crippen LogP contribution in [0.2, 0.25) is 0 Å². The predicted octanol–water partition coefficient (Wildman–Crippen LogP) is 4.96. The predicted molar refractivity (Wildman–Crippen MR) is 92.9 cm³/mol. The largest absolute Gasteiger partial charge is 0.310 e. The zero-order valence-corrected chi connectivity index (χ0v) is 13.7. The molecule has 0 aliphatic carbocycles. The lowest BCUT2D eigenvalue weighted by Crippen LogP contribution is -2.19. The van der Waals surface area contributed by atoms with Crippen LogP contribution in [0, 0.1) is 13.8 Å². The first-order valence-corrected chi connectivity index (χ1v) is 8.32. The van der Waals surface area contributed by atoms with Crippen molar-refractivity contribution >= 4 is 23.0 Å². The van der Waals surface area contributed by atoms with Crippen molar-refractivity contribution in [2.24, 2.45) is 0 Å². The Balaban J connectivity index is 2.19. The summed E-state index contributed by atoms with van der Waals surface area (Å²) in [5, 5.41) is 0. The second-order valence-electron chi connectivity index (χ2n) is 5.46. The summed E-state index contributed by atoms with van der Waals surface area (Å²) in [7, 11) is 0. The number of aromatic nitrogens is 2. The van der Waals surface area contributed by atoms with Crippen molar-refractivity contribution < 1.29 is 0 Å². The first kappa shape index (κ1) is 13.5. The quantitative estimate of drug-likeness (QED) is 0.636. The Morgan fingerprint density at radius 3 is 1.86 bits per heavy atom. The van der Waals surface area contributed by atoms with Gasteiger partial charge in [0.15, 0.2) is 0 Å². The van der Waals surface area contributed by atoms with Gasteiger partial charge in [0.1, 0.15) is 11.6 Å². The van der Waals surface area contributed by atoms with Gasteiger partial charge in [-0.2, -0.15) is 0 Å². The molecule has 0 spiro atoms. The number of fused-ring (bicyclic) bond motifs is 5. The normalized spacial score (nSPS) is 12.4. The Morgan fingerprint density at radius 1 is 0.909 bits per heavy atom. The molecule has 0 atom stereocenters. The molecule has 0 N–H and O–H groups in total. The zero-order chi connectivity index (χ0) is 15.3. The molecule has 3 aromatic heterocycles. The standard InChI is InChI=1S/C18H17N3S/c1-4-21-17-13(7-5-9-19-17)15-11(2)22-12(3)16(15)14-8-6-10-20-18(14)21/h5-10H,4H2,1-3H3. The van der Waals surface area contributed by atoms with Crippen LogP contribution in [-0.4, -0.2) is 16.5 Å². The molecule has 0 bridgehead atoms. The molecule has 22 heavy (non-hydrogen) atoms. The van der Waals surface area contributed by atoms with Gasteiger partial charge in [0.05, 0.1) is 0 Å². The van der Waals surface area contributed by atoms with E-state index in [9.17, 15) is 0 Å². The number of hydrogen-bond donors (Lipinski definition) is 0. The molecule has 1 aliphatic rings. The zero-order valence-electron chi connectivity index (χ0n) is 12.9. The molecule has 4 rings (SSSR count). The number of rotatable bonds is 1. The van der Waals surface area contributed by atoms with E-state index in [1.165, 1.54) is 32.0 Å². The van der Waals surface area contributed by atoms with Gasteiger partial charge in [-0.15, -0.1) is 11.3 Å². The summed E-state index contributed by atoms with van der Waals surface area (Å²) in [6, 6.07) is 8.39. The lowest BCUT2D eigenvalue weighted by Gasteiger charge is -2.22. The van der Waals surface area contributed by atoms with Crippen LogP contribution in [0.5, 0.6) is 0 Å². The highest BCUT2D eigenvalue weighted by atomic mass is 32.1. The van der Waals surface area contributed by atoms with Crippen molar-refractivity contribution in [3.63, 3.8) is 0 Å². The van der Waals surface area contributed by atoms with Gasteiger partial charge in [0, 0.05) is 50.9 Å². The van der Waals surface area contributed by atoms with Crippen molar-refractivity contribution in [2.45, 2.75) is 20.8 Å². The van der Waals surface area contributed by atoms with E-state index in [-0.39, 0.29) is 0 Å². The van der Waals surface area contributed by atoms with Crippen LogP contribution >= 0.6 is 11.3 Å². The third kappa shape index (κ3) is 1.74. The molecule has 0 unspecified atom stereocenters. The fourth-order valence-corrected chi connectivity index (χ4v) is 4.43. The third-order valence-corrected chi connectivity index (χ3v) is 5.22. The van der Waals surface area contributed by atoms with Crippen LogP contribution in [-0.2, 0) is 0 Å². The summed E-state index contributed by atoms with van der Waals surface area (Å²) in [6.45, 7) is 7.39. The van der Waals surface area contributed by atoms with Gasteiger partial charge in [0.2, 0.25) is 0 Å². The van der Waals surface area contributed by atoms with E-state index in [0.29, 0.717) is 0 Å². The van der Waals surface area contributed by atoms with Gasteiger partial charge in [-0.1, -0.05) is 0 Å². The maximum absolute atomic E-state index is 4.67. The van der Waals surface area contributed by atoms with E-state index >= 15 is 0 Å². The molecule has 4 heterocycles. The average Bonchev–Trinajstić information content (AvgIpc) is 2.76. The fraction of sp³-hybridized carbons (Fsp3) is 0.222. The number of thiophene rings is 1. The van der Waals surface area contributed by atoms with Gasteiger partial charge in [-0.05, 0) is 45.0 Å². The summed E-state index contributed by atoms with van der Waals surface area (Å²) in [5.41, 5.74) is 5.05.